The van der Waals surface area contributed by atoms with E-state index in [2.05, 4.69) is 5.32 Å². The number of hydrogen-bond donors (Lipinski definition) is 5. The van der Waals surface area contributed by atoms with Crippen LogP contribution in [-0.2, 0) is 27.2 Å². The van der Waals surface area contributed by atoms with E-state index in [1.165, 1.54) is 4.90 Å². The number of amides is 1. The molecule has 10 heteroatoms. The van der Waals surface area contributed by atoms with Gasteiger partial charge in [-0.1, -0.05) is 18.5 Å². The van der Waals surface area contributed by atoms with E-state index in [9.17, 15) is 34.8 Å². The SMILES string of the molecule is CCNC(=O)C1=C(O)[C@@]2(O)C(=O)C3=C(O)c4c(O)c(CC)cc(Cl)c4C[C@H]3C[C@H]2C(N(C)C)C1=O. The van der Waals surface area contributed by atoms with Crippen LogP contribution in [0.2, 0.25) is 5.02 Å². The summed E-state index contributed by atoms with van der Waals surface area (Å²) in [6.45, 7) is 3.60. The summed E-state index contributed by atoms with van der Waals surface area (Å²) >= 11 is 6.47. The number of carbonyl (C=O) groups is 3. The quantitative estimate of drug-likeness (QED) is 0.390. The maximum absolute atomic E-state index is 13.9. The summed E-state index contributed by atoms with van der Waals surface area (Å²) in [6.07, 6.45) is 0.664. The highest BCUT2D eigenvalue weighted by Crippen LogP contribution is 2.53. The predicted molar refractivity (Wildman–Crippen MR) is 128 cm³/mol. The number of phenolic OH excluding ortho intramolecular Hbond substituents is 1. The second kappa shape index (κ2) is 8.65. The van der Waals surface area contributed by atoms with Crippen molar-refractivity contribution in [1.29, 1.82) is 0 Å². The molecule has 1 aromatic rings. The largest absolute Gasteiger partial charge is 0.508 e. The monoisotopic (exact) mass is 504 g/mol. The first-order chi connectivity index (χ1) is 16.4. The van der Waals surface area contributed by atoms with Gasteiger partial charge in [0.05, 0.1) is 11.6 Å². The first kappa shape index (κ1) is 25.2. The minimum Gasteiger partial charge on any atom is -0.508 e. The van der Waals surface area contributed by atoms with Gasteiger partial charge in [0.1, 0.15) is 22.8 Å². The van der Waals surface area contributed by atoms with Crippen molar-refractivity contribution >= 4 is 34.8 Å². The fourth-order valence-electron chi connectivity index (χ4n) is 5.82. The Morgan fingerprint density at radius 2 is 1.89 bits per heavy atom. The van der Waals surface area contributed by atoms with Gasteiger partial charge in [0.2, 0.25) is 5.78 Å². The average Bonchev–Trinajstić information content (AvgIpc) is 2.78. The molecular weight excluding hydrogens is 476 g/mol. The smallest absolute Gasteiger partial charge is 0.258 e. The molecule has 0 spiro atoms. The molecule has 5 N–H and O–H groups in total. The van der Waals surface area contributed by atoms with Crippen molar-refractivity contribution in [3.05, 3.63) is 44.7 Å². The summed E-state index contributed by atoms with van der Waals surface area (Å²) < 4.78 is 0. The number of aryl methyl sites for hydroxylation is 1. The Morgan fingerprint density at radius 1 is 1.23 bits per heavy atom. The summed E-state index contributed by atoms with van der Waals surface area (Å²) in [4.78, 5) is 41.4. The number of benzene rings is 1. The van der Waals surface area contributed by atoms with Gasteiger partial charge in [-0.15, -0.1) is 0 Å². The highest BCUT2D eigenvalue weighted by atomic mass is 35.5. The topological polar surface area (TPSA) is 147 Å². The van der Waals surface area contributed by atoms with Crippen LogP contribution in [0.25, 0.3) is 5.76 Å². The standard InChI is InChI=1S/C25H29ClN2O7/c1-5-10-9-14(26)12-7-11-8-13-18(28(3)4)21(31)17(24(34)27-6-2)23(33)25(13,35)22(32)15(11)20(30)16(12)19(10)29/h9,11,13,18,29-30,33,35H,5-8H2,1-4H3,(H,27,34)/t11-,13-,18?,25-/m0/s1. The highest BCUT2D eigenvalue weighted by Gasteiger charge is 2.64. The Hall–Kier alpha value is -2.88. The van der Waals surface area contributed by atoms with Crippen molar-refractivity contribution < 1.29 is 34.8 Å². The molecule has 0 aliphatic heterocycles. The summed E-state index contributed by atoms with van der Waals surface area (Å²) in [5.41, 5.74) is -2.47. The number of ketones is 2. The third kappa shape index (κ3) is 3.40. The minimum absolute atomic E-state index is 0.0273. The molecule has 3 aliphatic carbocycles. The van der Waals surface area contributed by atoms with Gasteiger partial charge in [0.25, 0.3) is 5.91 Å². The number of aromatic hydroxyl groups is 1. The molecule has 9 nitrogen and oxygen atoms in total. The number of Topliss-reactive ketones (excluding diaryl/α,β-unsaturated/α-hetero) is 2. The van der Waals surface area contributed by atoms with Gasteiger partial charge in [-0.3, -0.25) is 19.3 Å². The van der Waals surface area contributed by atoms with Gasteiger partial charge in [0.15, 0.2) is 11.4 Å². The number of nitrogens with one attached hydrogen (secondary N) is 1. The zero-order valence-corrected chi connectivity index (χ0v) is 20.7. The summed E-state index contributed by atoms with van der Waals surface area (Å²) in [5, 5.41) is 47.5. The number of fused-ring (bicyclic) bond motifs is 3. The van der Waals surface area contributed by atoms with E-state index in [-0.39, 0.29) is 36.3 Å². The maximum Gasteiger partial charge on any atom is 0.258 e. The molecule has 188 valence electrons. The van der Waals surface area contributed by atoms with Crippen LogP contribution in [0.1, 0.15) is 37.0 Å². The fourth-order valence-corrected chi connectivity index (χ4v) is 6.12. The van der Waals surface area contributed by atoms with Crippen LogP contribution in [0.15, 0.2) is 23.0 Å². The molecule has 1 aromatic carbocycles. The van der Waals surface area contributed by atoms with Gasteiger partial charge in [-0.25, -0.2) is 0 Å². The Balaban J connectivity index is 1.98. The summed E-state index contributed by atoms with van der Waals surface area (Å²) in [6, 6.07) is 0.545. The molecule has 1 unspecified atom stereocenters. The van der Waals surface area contributed by atoms with Gasteiger partial charge in [0, 0.05) is 23.1 Å². The first-order valence-corrected chi connectivity index (χ1v) is 12.0. The highest BCUT2D eigenvalue weighted by molar-refractivity contribution is 6.32. The maximum atomic E-state index is 13.9. The number of aliphatic hydroxyl groups is 3. The van der Waals surface area contributed by atoms with Crippen LogP contribution in [0.5, 0.6) is 5.75 Å². The molecule has 1 saturated carbocycles. The molecule has 35 heavy (non-hydrogen) atoms. The average molecular weight is 505 g/mol. The second-order valence-corrected chi connectivity index (χ2v) is 9.94. The Labute approximate surface area is 207 Å². The van der Waals surface area contributed by atoms with E-state index >= 15 is 0 Å². The first-order valence-electron chi connectivity index (χ1n) is 11.6. The number of nitrogens with zero attached hydrogens (tertiary/aromatic N) is 1. The Kier molecular flexibility index (Phi) is 6.24. The van der Waals surface area contributed by atoms with Crippen molar-refractivity contribution in [3.63, 3.8) is 0 Å². The molecule has 0 saturated heterocycles. The lowest BCUT2D eigenvalue weighted by Crippen LogP contribution is -2.65. The minimum atomic E-state index is -2.61. The third-order valence-electron chi connectivity index (χ3n) is 7.44. The number of phenols is 1. The molecule has 0 bridgehead atoms. The number of hydrogen-bond acceptors (Lipinski definition) is 8. The van der Waals surface area contributed by atoms with Crippen LogP contribution in [0, 0.1) is 11.8 Å². The van der Waals surface area contributed by atoms with E-state index in [1.807, 2.05) is 0 Å². The van der Waals surface area contributed by atoms with E-state index in [0.29, 0.717) is 22.6 Å². The number of rotatable bonds is 4. The Morgan fingerprint density at radius 3 is 2.46 bits per heavy atom. The van der Waals surface area contributed by atoms with Crippen molar-refractivity contribution in [1.82, 2.24) is 10.2 Å². The molecule has 1 amide bonds. The van der Waals surface area contributed by atoms with Gasteiger partial charge in [-0.05, 0) is 63.4 Å². The molecule has 3 aliphatic rings. The molecule has 0 heterocycles. The van der Waals surface area contributed by atoms with Crippen molar-refractivity contribution in [2.24, 2.45) is 11.8 Å². The lowest BCUT2D eigenvalue weighted by atomic mass is 9.57. The second-order valence-electron chi connectivity index (χ2n) is 9.53. The van der Waals surface area contributed by atoms with E-state index < -0.39 is 58.0 Å². The zero-order valence-electron chi connectivity index (χ0n) is 20.0. The zero-order chi connectivity index (χ0) is 26.0. The third-order valence-corrected chi connectivity index (χ3v) is 7.78. The summed E-state index contributed by atoms with van der Waals surface area (Å²) in [5.74, 6) is -6.04. The van der Waals surface area contributed by atoms with E-state index in [0.717, 1.165) is 0 Å². The molecule has 0 radical (unpaired) electrons. The van der Waals surface area contributed by atoms with Crippen LogP contribution < -0.4 is 5.32 Å². The Bertz CT molecular complexity index is 1220. The number of likely N-dealkylation sites (N-methyl/N-ethyl adjacent to an activating group) is 2. The van der Waals surface area contributed by atoms with Crippen molar-refractivity contribution in [2.45, 2.75) is 44.8 Å². The number of aliphatic hydroxyl groups excluding tert-OH is 2. The predicted octanol–water partition coefficient (Wildman–Crippen LogP) is 1.83. The van der Waals surface area contributed by atoms with E-state index in [4.69, 9.17) is 11.6 Å². The van der Waals surface area contributed by atoms with Crippen LogP contribution in [0.3, 0.4) is 0 Å². The van der Waals surface area contributed by atoms with E-state index in [1.54, 1.807) is 34.0 Å². The van der Waals surface area contributed by atoms with Crippen LogP contribution in [0.4, 0.5) is 0 Å². The summed E-state index contributed by atoms with van der Waals surface area (Å²) in [7, 11) is 3.18. The van der Waals surface area contributed by atoms with Crippen molar-refractivity contribution in [2.75, 3.05) is 20.6 Å². The van der Waals surface area contributed by atoms with Gasteiger partial charge in [-0.2, -0.15) is 0 Å². The lowest BCUT2D eigenvalue weighted by Gasteiger charge is -2.50. The lowest BCUT2D eigenvalue weighted by molar-refractivity contribution is -0.153. The van der Waals surface area contributed by atoms with Crippen LogP contribution >= 0.6 is 11.6 Å². The molecule has 1 fully saturated rings. The van der Waals surface area contributed by atoms with Crippen molar-refractivity contribution in [3.8, 4) is 5.75 Å². The fraction of sp³-hybridized carbons (Fsp3) is 0.480. The normalized spacial score (nSPS) is 28.1. The van der Waals surface area contributed by atoms with Gasteiger partial charge < -0.3 is 25.7 Å². The molecule has 0 aromatic heterocycles. The number of carbonyl (C=O) groups excluding carboxylic acids is 3. The number of halogens is 1. The molecule has 4 atom stereocenters. The van der Waals surface area contributed by atoms with Gasteiger partial charge >= 0.3 is 0 Å². The van der Waals surface area contributed by atoms with Crippen LogP contribution in [-0.4, -0.2) is 75.1 Å². The molecule has 4 rings (SSSR count). The molecular formula is C25H29ClN2O7.